The largest absolute Gasteiger partial charge is 0.355 e. The van der Waals surface area contributed by atoms with Gasteiger partial charge in [-0.25, -0.2) is 14.4 Å². The fourth-order valence-electron chi connectivity index (χ4n) is 6.67. The second kappa shape index (κ2) is 9.49. The second-order valence-corrected chi connectivity index (χ2v) is 11.5. The number of fused-ring (bicyclic) bond motifs is 3. The first-order chi connectivity index (χ1) is 19.8. The van der Waals surface area contributed by atoms with E-state index in [9.17, 15) is 9.18 Å². The minimum absolute atomic E-state index is 0.0623. The normalized spacial score (nSPS) is 21.8. The molecular formula is C29H29ClFN9O. The third-order valence-electron chi connectivity index (χ3n) is 8.93. The van der Waals surface area contributed by atoms with Gasteiger partial charge in [-0.1, -0.05) is 29.8 Å². The lowest BCUT2D eigenvalue weighted by molar-refractivity contribution is -0.129. The van der Waals surface area contributed by atoms with Crippen LogP contribution in [0.3, 0.4) is 0 Å². The Kier molecular flexibility index (Phi) is 5.98. The predicted molar refractivity (Wildman–Crippen MR) is 155 cm³/mol. The smallest absolute Gasteiger partial charge is 0.243 e. The third-order valence-corrected chi connectivity index (χ3v) is 9.34. The van der Waals surface area contributed by atoms with Crippen LogP contribution in [-0.4, -0.2) is 74.5 Å². The van der Waals surface area contributed by atoms with Crippen LogP contribution in [0.15, 0.2) is 48.8 Å². The molecule has 2 fully saturated rings. The molecular weight excluding hydrogens is 545 g/mol. The van der Waals surface area contributed by atoms with Crippen LogP contribution in [-0.2, 0) is 16.8 Å². The lowest BCUT2D eigenvalue weighted by atomic mass is 9.91. The molecule has 12 heteroatoms. The van der Waals surface area contributed by atoms with Gasteiger partial charge in [0.2, 0.25) is 11.6 Å². The van der Waals surface area contributed by atoms with Crippen LogP contribution in [0.4, 0.5) is 10.2 Å². The van der Waals surface area contributed by atoms with Crippen molar-refractivity contribution >= 4 is 45.4 Å². The van der Waals surface area contributed by atoms with E-state index in [1.807, 2.05) is 24.3 Å². The molecule has 0 unspecified atom stereocenters. The fraction of sp³-hybridized carbons (Fsp3) is 0.345. The lowest BCUT2D eigenvalue weighted by Gasteiger charge is -2.26. The average Bonchev–Trinajstić information content (AvgIpc) is 3.21. The molecule has 4 heterocycles. The average molecular weight is 574 g/mol. The van der Waals surface area contributed by atoms with Crippen LogP contribution < -0.4 is 10.6 Å². The molecule has 41 heavy (non-hydrogen) atoms. The number of rotatable bonds is 6. The van der Waals surface area contributed by atoms with Gasteiger partial charge in [0.1, 0.15) is 23.7 Å². The Balaban J connectivity index is 1.16. The number of aromatic amines is 1. The molecule has 10 nitrogen and oxygen atoms in total. The number of H-pyrrole nitrogens is 1. The lowest BCUT2D eigenvalue weighted by Crippen LogP contribution is -2.32. The molecule has 3 aromatic heterocycles. The standard InChI is InChI=1S/C29H29ClFN9O/c1-38(2)24(41)14-40-22-8-7-16(25(30)17(22)11-34-40)26-27-28(37-36-26)35-23(12-33-27)39-10-9-18-20(13-39)29(18,15-32)19-5-3-4-6-21(19)31/h3-8,11-12,18,20H,9-10,13-15,32H2,1-2H3,(H,35,36,37)/t18-,20+,29-/m1/s1. The van der Waals surface area contributed by atoms with Gasteiger partial charge < -0.3 is 15.5 Å². The van der Waals surface area contributed by atoms with E-state index in [4.69, 9.17) is 27.3 Å². The molecule has 1 saturated heterocycles. The van der Waals surface area contributed by atoms with E-state index in [0.717, 1.165) is 47.4 Å². The summed E-state index contributed by atoms with van der Waals surface area (Å²) in [7, 11) is 3.42. The Morgan fingerprint density at radius 1 is 1.22 bits per heavy atom. The maximum absolute atomic E-state index is 14.8. The summed E-state index contributed by atoms with van der Waals surface area (Å²) in [5, 5.41) is 13.1. The van der Waals surface area contributed by atoms with Crippen LogP contribution in [0.2, 0.25) is 5.02 Å². The Bertz CT molecular complexity index is 1820. The zero-order valence-corrected chi connectivity index (χ0v) is 23.4. The molecule has 1 aliphatic heterocycles. The second-order valence-electron chi connectivity index (χ2n) is 11.1. The molecule has 2 aliphatic rings. The molecule has 5 aromatic rings. The number of carbonyl (C=O) groups is 1. The number of nitrogens with one attached hydrogen (secondary N) is 1. The summed E-state index contributed by atoms with van der Waals surface area (Å²) in [6.45, 7) is 2.06. The van der Waals surface area contributed by atoms with Gasteiger partial charge in [-0.05, 0) is 42.0 Å². The molecule has 2 aromatic carbocycles. The van der Waals surface area contributed by atoms with Crippen molar-refractivity contribution < 1.29 is 9.18 Å². The van der Waals surface area contributed by atoms with E-state index in [1.54, 1.807) is 37.2 Å². The highest BCUT2D eigenvalue weighted by Gasteiger charge is 2.66. The molecule has 1 saturated carbocycles. The summed E-state index contributed by atoms with van der Waals surface area (Å²) in [5.74, 6) is 1.10. The maximum atomic E-state index is 14.8. The first-order valence-corrected chi connectivity index (χ1v) is 14.0. The van der Waals surface area contributed by atoms with E-state index >= 15 is 0 Å². The molecule has 0 bridgehead atoms. The first kappa shape index (κ1) is 25.8. The summed E-state index contributed by atoms with van der Waals surface area (Å²) in [6, 6.07) is 10.8. The van der Waals surface area contributed by atoms with E-state index in [2.05, 4.69) is 20.2 Å². The van der Waals surface area contributed by atoms with Crippen molar-refractivity contribution in [3.63, 3.8) is 0 Å². The summed E-state index contributed by atoms with van der Waals surface area (Å²) >= 11 is 6.83. The van der Waals surface area contributed by atoms with Crippen LogP contribution >= 0.6 is 11.6 Å². The minimum atomic E-state index is -0.333. The number of nitrogens with zero attached hydrogens (tertiary/aromatic N) is 7. The molecule has 7 rings (SSSR count). The highest BCUT2D eigenvalue weighted by Crippen LogP contribution is 2.63. The van der Waals surface area contributed by atoms with Gasteiger partial charge in [0.25, 0.3) is 0 Å². The Hall–Kier alpha value is -4.09. The van der Waals surface area contributed by atoms with Gasteiger partial charge in [-0.3, -0.25) is 14.6 Å². The van der Waals surface area contributed by atoms with Crippen molar-refractivity contribution in [2.24, 2.45) is 17.6 Å². The Labute approximate surface area is 240 Å². The summed E-state index contributed by atoms with van der Waals surface area (Å²) in [6.07, 6.45) is 4.33. The minimum Gasteiger partial charge on any atom is -0.355 e. The topological polar surface area (TPSA) is 122 Å². The van der Waals surface area contributed by atoms with Crippen molar-refractivity contribution in [2.75, 3.05) is 38.6 Å². The Morgan fingerprint density at radius 2 is 2.05 bits per heavy atom. The Morgan fingerprint density at radius 3 is 2.83 bits per heavy atom. The molecule has 3 atom stereocenters. The van der Waals surface area contributed by atoms with Crippen LogP contribution in [0.25, 0.3) is 33.3 Å². The van der Waals surface area contributed by atoms with Crippen molar-refractivity contribution in [2.45, 2.75) is 18.4 Å². The summed E-state index contributed by atoms with van der Waals surface area (Å²) in [4.78, 5) is 25.5. The zero-order chi connectivity index (χ0) is 28.5. The van der Waals surface area contributed by atoms with E-state index in [-0.39, 0.29) is 29.6 Å². The van der Waals surface area contributed by atoms with Crippen molar-refractivity contribution in [1.29, 1.82) is 0 Å². The number of halogens is 2. The van der Waals surface area contributed by atoms with Crippen LogP contribution in [0.1, 0.15) is 12.0 Å². The van der Waals surface area contributed by atoms with E-state index < -0.39 is 0 Å². The molecule has 1 aliphatic carbocycles. The summed E-state index contributed by atoms with van der Waals surface area (Å²) < 4.78 is 16.4. The van der Waals surface area contributed by atoms with Crippen molar-refractivity contribution in [3.8, 4) is 11.3 Å². The maximum Gasteiger partial charge on any atom is 0.243 e. The van der Waals surface area contributed by atoms with Gasteiger partial charge in [0.15, 0.2) is 0 Å². The zero-order valence-electron chi connectivity index (χ0n) is 22.7. The number of piperidine rings is 1. The van der Waals surface area contributed by atoms with Crippen molar-refractivity contribution in [1.82, 2.24) is 34.8 Å². The number of likely N-dealkylation sites (N-methyl/N-ethyl adjacent to an activating group) is 1. The van der Waals surface area contributed by atoms with E-state index in [0.29, 0.717) is 34.3 Å². The van der Waals surface area contributed by atoms with Gasteiger partial charge in [0.05, 0.1) is 28.6 Å². The SMILES string of the molecule is CN(C)C(=O)Cn1ncc2c(Cl)c(-c3[nH]nc4nc(N5CC[C@@H]6[C@H](C5)[C@@]6(CN)c5ccccc5F)cnc34)ccc21. The van der Waals surface area contributed by atoms with Gasteiger partial charge >= 0.3 is 0 Å². The summed E-state index contributed by atoms with van der Waals surface area (Å²) in [5.41, 5.74) is 9.89. The van der Waals surface area contributed by atoms with Gasteiger partial charge in [-0.15, -0.1) is 0 Å². The number of benzene rings is 2. The van der Waals surface area contributed by atoms with Crippen LogP contribution in [0, 0.1) is 17.7 Å². The van der Waals surface area contributed by atoms with E-state index in [1.165, 1.54) is 11.0 Å². The van der Waals surface area contributed by atoms with Crippen LogP contribution in [0.5, 0.6) is 0 Å². The van der Waals surface area contributed by atoms with Crippen molar-refractivity contribution in [3.05, 3.63) is 65.2 Å². The highest BCUT2D eigenvalue weighted by atomic mass is 35.5. The third kappa shape index (κ3) is 3.90. The fourth-order valence-corrected chi connectivity index (χ4v) is 6.97. The van der Waals surface area contributed by atoms with Gasteiger partial charge in [0, 0.05) is 50.1 Å². The molecule has 1 amide bonds. The number of aromatic nitrogens is 6. The number of amides is 1. The predicted octanol–water partition coefficient (Wildman–Crippen LogP) is 3.60. The molecule has 0 radical (unpaired) electrons. The molecule has 0 spiro atoms. The molecule has 210 valence electrons. The number of anilines is 1. The quantitative estimate of drug-likeness (QED) is 0.318. The number of hydrogen-bond donors (Lipinski definition) is 2. The highest BCUT2D eigenvalue weighted by molar-refractivity contribution is 6.38. The van der Waals surface area contributed by atoms with Gasteiger partial charge in [-0.2, -0.15) is 10.2 Å². The monoisotopic (exact) mass is 573 g/mol. The first-order valence-electron chi connectivity index (χ1n) is 13.6. The number of carbonyl (C=O) groups excluding carboxylic acids is 1. The molecule has 3 N–H and O–H groups in total. The number of nitrogens with two attached hydrogens (primary N) is 1. The number of hydrogen-bond acceptors (Lipinski definition) is 7.